The molecule has 1 aliphatic rings. The molecule has 98 valence electrons. The van der Waals surface area contributed by atoms with E-state index in [4.69, 9.17) is 5.11 Å². The first-order chi connectivity index (χ1) is 8.70. The van der Waals surface area contributed by atoms with Gasteiger partial charge in [-0.25, -0.2) is 0 Å². The molecule has 2 N–H and O–H groups in total. The van der Waals surface area contributed by atoms with Gasteiger partial charge < -0.3 is 10.2 Å². The summed E-state index contributed by atoms with van der Waals surface area (Å²) in [5, 5.41) is 18.2. The molecule has 1 aromatic carbocycles. The maximum atomic E-state index is 10.8. The van der Waals surface area contributed by atoms with E-state index >= 15 is 0 Å². The average Bonchev–Trinajstić information content (AvgIpc) is 2.78. The van der Waals surface area contributed by atoms with Crippen LogP contribution in [0.5, 0.6) is 0 Å². The number of hydrogen-bond acceptors (Lipinski definition) is 3. The topological polar surface area (TPSA) is 60.8 Å². The van der Waals surface area contributed by atoms with Crippen LogP contribution in [0.2, 0.25) is 0 Å². The Hall–Kier alpha value is -1.39. The van der Waals surface area contributed by atoms with Crippen LogP contribution in [-0.2, 0) is 17.8 Å². The summed E-state index contributed by atoms with van der Waals surface area (Å²) in [5.41, 5.74) is 1.92. The fraction of sp³-hybridized carbons (Fsp3) is 0.500. The maximum Gasteiger partial charge on any atom is 0.307 e. The standard InChI is InChI=1S/C14H19NO3/c16-10-13-6-3-7-15(13)9-12-5-2-1-4-11(12)8-14(17)18/h1-2,4-5,13,16H,3,6-10H2,(H,17,18). The minimum Gasteiger partial charge on any atom is -0.481 e. The van der Waals surface area contributed by atoms with E-state index in [0.29, 0.717) is 0 Å². The number of likely N-dealkylation sites (tertiary alicyclic amines) is 1. The summed E-state index contributed by atoms with van der Waals surface area (Å²) in [6.07, 6.45) is 2.19. The lowest BCUT2D eigenvalue weighted by Gasteiger charge is -2.23. The number of rotatable bonds is 5. The van der Waals surface area contributed by atoms with Gasteiger partial charge in [0.25, 0.3) is 0 Å². The van der Waals surface area contributed by atoms with E-state index in [1.165, 1.54) is 0 Å². The summed E-state index contributed by atoms with van der Waals surface area (Å²) in [4.78, 5) is 13.1. The molecule has 0 aliphatic carbocycles. The average molecular weight is 249 g/mol. The molecule has 1 heterocycles. The molecule has 18 heavy (non-hydrogen) atoms. The van der Waals surface area contributed by atoms with Crippen molar-refractivity contribution in [2.75, 3.05) is 13.2 Å². The van der Waals surface area contributed by atoms with E-state index in [0.717, 1.165) is 37.1 Å². The monoisotopic (exact) mass is 249 g/mol. The fourth-order valence-electron chi connectivity index (χ4n) is 2.58. The highest BCUT2D eigenvalue weighted by Gasteiger charge is 2.24. The third kappa shape index (κ3) is 3.09. The highest BCUT2D eigenvalue weighted by Crippen LogP contribution is 2.21. The minimum atomic E-state index is -0.803. The molecule has 0 aromatic heterocycles. The summed E-state index contributed by atoms with van der Waals surface area (Å²) < 4.78 is 0. The Balaban J connectivity index is 2.10. The lowest BCUT2D eigenvalue weighted by molar-refractivity contribution is -0.136. The molecule has 1 atom stereocenters. The molecule has 4 nitrogen and oxygen atoms in total. The van der Waals surface area contributed by atoms with Crippen molar-refractivity contribution in [3.8, 4) is 0 Å². The smallest absolute Gasteiger partial charge is 0.307 e. The van der Waals surface area contributed by atoms with Crippen LogP contribution in [0.4, 0.5) is 0 Å². The van der Waals surface area contributed by atoms with Crippen molar-refractivity contribution in [1.82, 2.24) is 4.90 Å². The van der Waals surface area contributed by atoms with Gasteiger partial charge in [-0.05, 0) is 30.5 Å². The summed E-state index contributed by atoms with van der Waals surface area (Å²) in [7, 11) is 0. The van der Waals surface area contributed by atoms with Gasteiger partial charge in [-0.2, -0.15) is 0 Å². The van der Waals surface area contributed by atoms with Crippen molar-refractivity contribution < 1.29 is 15.0 Å². The van der Waals surface area contributed by atoms with Gasteiger partial charge >= 0.3 is 5.97 Å². The molecular weight excluding hydrogens is 230 g/mol. The Morgan fingerprint density at radius 3 is 2.72 bits per heavy atom. The van der Waals surface area contributed by atoms with Crippen molar-refractivity contribution >= 4 is 5.97 Å². The predicted octanol–water partition coefficient (Wildman–Crippen LogP) is 1.27. The zero-order valence-electron chi connectivity index (χ0n) is 10.4. The van der Waals surface area contributed by atoms with E-state index in [1.54, 1.807) is 0 Å². The quantitative estimate of drug-likeness (QED) is 0.825. The summed E-state index contributed by atoms with van der Waals surface area (Å²) in [6, 6.07) is 7.88. The first-order valence-electron chi connectivity index (χ1n) is 6.34. The normalized spacial score (nSPS) is 20.2. The van der Waals surface area contributed by atoms with Crippen LogP contribution in [0.15, 0.2) is 24.3 Å². The van der Waals surface area contributed by atoms with Crippen LogP contribution in [0.1, 0.15) is 24.0 Å². The third-order valence-corrected chi connectivity index (χ3v) is 3.54. The lowest BCUT2D eigenvalue weighted by atomic mass is 10.0. The predicted molar refractivity (Wildman–Crippen MR) is 68.3 cm³/mol. The maximum absolute atomic E-state index is 10.8. The van der Waals surface area contributed by atoms with Gasteiger partial charge in [-0.3, -0.25) is 9.69 Å². The van der Waals surface area contributed by atoms with Crippen LogP contribution in [0.25, 0.3) is 0 Å². The summed E-state index contributed by atoms with van der Waals surface area (Å²) in [5.74, 6) is -0.803. The molecule has 1 saturated heterocycles. The van der Waals surface area contributed by atoms with Crippen molar-refractivity contribution in [3.63, 3.8) is 0 Å². The minimum absolute atomic E-state index is 0.0633. The molecule has 0 bridgehead atoms. The Kier molecular flexibility index (Phi) is 4.33. The fourth-order valence-corrected chi connectivity index (χ4v) is 2.58. The number of carboxylic acids is 1. The van der Waals surface area contributed by atoms with E-state index in [-0.39, 0.29) is 19.1 Å². The van der Waals surface area contributed by atoms with Gasteiger partial charge in [0.1, 0.15) is 0 Å². The van der Waals surface area contributed by atoms with Gasteiger partial charge in [0.2, 0.25) is 0 Å². The number of carboxylic acid groups (broad SMARTS) is 1. The van der Waals surface area contributed by atoms with E-state index < -0.39 is 5.97 Å². The first kappa shape index (κ1) is 13.1. The molecule has 1 aromatic rings. The Morgan fingerprint density at radius 1 is 1.33 bits per heavy atom. The SMILES string of the molecule is O=C(O)Cc1ccccc1CN1CCCC1CO. The van der Waals surface area contributed by atoms with Crippen molar-refractivity contribution in [3.05, 3.63) is 35.4 Å². The summed E-state index contributed by atoms with van der Waals surface area (Å²) >= 11 is 0. The van der Waals surface area contributed by atoms with Crippen LogP contribution in [0.3, 0.4) is 0 Å². The Morgan fingerprint density at radius 2 is 2.06 bits per heavy atom. The molecule has 0 amide bonds. The number of nitrogens with zero attached hydrogens (tertiary/aromatic N) is 1. The molecule has 1 unspecified atom stereocenters. The lowest BCUT2D eigenvalue weighted by Crippen LogP contribution is -2.32. The second-order valence-electron chi connectivity index (χ2n) is 4.79. The molecule has 2 rings (SSSR count). The van der Waals surface area contributed by atoms with Crippen LogP contribution in [-0.4, -0.2) is 40.3 Å². The molecular formula is C14H19NO3. The van der Waals surface area contributed by atoms with Crippen LogP contribution < -0.4 is 0 Å². The van der Waals surface area contributed by atoms with Gasteiger partial charge in [0, 0.05) is 12.6 Å². The summed E-state index contributed by atoms with van der Waals surface area (Å²) in [6.45, 7) is 1.89. The molecule has 0 radical (unpaired) electrons. The van der Waals surface area contributed by atoms with Crippen molar-refractivity contribution in [2.45, 2.75) is 31.8 Å². The van der Waals surface area contributed by atoms with Gasteiger partial charge in [0.05, 0.1) is 13.0 Å². The zero-order valence-corrected chi connectivity index (χ0v) is 10.4. The molecule has 1 fully saturated rings. The second-order valence-corrected chi connectivity index (χ2v) is 4.79. The Labute approximate surface area is 107 Å². The van der Waals surface area contributed by atoms with Gasteiger partial charge in [-0.1, -0.05) is 24.3 Å². The van der Waals surface area contributed by atoms with Crippen LogP contribution in [0, 0.1) is 0 Å². The zero-order chi connectivity index (χ0) is 13.0. The van der Waals surface area contributed by atoms with Gasteiger partial charge in [0.15, 0.2) is 0 Å². The van der Waals surface area contributed by atoms with Crippen LogP contribution >= 0.6 is 0 Å². The van der Waals surface area contributed by atoms with Gasteiger partial charge in [-0.15, -0.1) is 0 Å². The highest BCUT2D eigenvalue weighted by atomic mass is 16.4. The number of hydrogen-bond donors (Lipinski definition) is 2. The van der Waals surface area contributed by atoms with Crippen molar-refractivity contribution in [2.24, 2.45) is 0 Å². The number of aliphatic hydroxyl groups is 1. The number of aliphatic hydroxyl groups excluding tert-OH is 1. The number of aliphatic carboxylic acids is 1. The van der Waals surface area contributed by atoms with E-state index in [1.807, 2.05) is 24.3 Å². The number of benzene rings is 1. The van der Waals surface area contributed by atoms with Crippen molar-refractivity contribution in [1.29, 1.82) is 0 Å². The number of carbonyl (C=O) groups is 1. The van der Waals surface area contributed by atoms with E-state index in [2.05, 4.69) is 4.90 Å². The highest BCUT2D eigenvalue weighted by molar-refractivity contribution is 5.70. The second kappa shape index (κ2) is 5.98. The first-order valence-corrected chi connectivity index (χ1v) is 6.34. The van der Waals surface area contributed by atoms with E-state index in [9.17, 15) is 9.90 Å². The largest absolute Gasteiger partial charge is 0.481 e. The third-order valence-electron chi connectivity index (χ3n) is 3.54. The molecule has 1 aliphatic heterocycles. The molecule has 0 saturated carbocycles. The molecule has 0 spiro atoms. The Bertz CT molecular complexity index is 419. The molecule has 4 heteroatoms.